The Morgan fingerprint density at radius 2 is 1.93 bits per heavy atom. The molecule has 1 saturated heterocycles. The predicted molar refractivity (Wildman–Crippen MR) is 107 cm³/mol. The Morgan fingerprint density at radius 1 is 1.11 bits per heavy atom. The molecule has 1 aliphatic rings. The highest BCUT2D eigenvalue weighted by Gasteiger charge is 2.15. The van der Waals surface area contributed by atoms with Gasteiger partial charge in [-0.2, -0.15) is 5.10 Å². The Hall–Kier alpha value is -3.46. The van der Waals surface area contributed by atoms with Crippen molar-refractivity contribution in [2.75, 3.05) is 36.5 Å². The number of nitrogens with one attached hydrogen (secondary N) is 2. The van der Waals surface area contributed by atoms with Crippen LogP contribution in [0.25, 0.3) is 22.7 Å². The van der Waals surface area contributed by atoms with Crippen LogP contribution >= 0.6 is 0 Å². The van der Waals surface area contributed by atoms with Crippen molar-refractivity contribution in [3.63, 3.8) is 0 Å². The molecule has 0 amide bonds. The van der Waals surface area contributed by atoms with Gasteiger partial charge in [0.2, 0.25) is 0 Å². The van der Waals surface area contributed by atoms with E-state index < -0.39 is 0 Å². The summed E-state index contributed by atoms with van der Waals surface area (Å²) in [5, 5.41) is 10.5. The molecule has 0 spiro atoms. The lowest BCUT2D eigenvalue weighted by Crippen LogP contribution is -2.36. The molecule has 1 aliphatic heterocycles. The van der Waals surface area contributed by atoms with E-state index in [0.29, 0.717) is 17.5 Å². The third-order valence-electron chi connectivity index (χ3n) is 4.83. The molecule has 9 heteroatoms. The number of nitrogens with zero attached hydrogens (tertiary/aromatic N) is 6. The molecule has 9 nitrogen and oxygen atoms in total. The van der Waals surface area contributed by atoms with E-state index in [1.165, 1.54) is 5.69 Å². The molecule has 142 valence electrons. The molecule has 0 aliphatic carbocycles. The summed E-state index contributed by atoms with van der Waals surface area (Å²) in [6.07, 6.45) is 5.29. The van der Waals surface area contributed by atoms with Crippen LogP contribution in [0.2, 0.25) is 0 Å². The van der Waals surface area contributed by atoms with Crippen LogP contribution in [0.1, 0.15) is 0 Å². The molecule has 0 atom stereocenters. The van der Waals surface area contributed by atoms with Gasteiger partial charge >= 0.3 is 0 Å². The van der Waals surface area contributed by atoms with E-state index in [4.69, 9.17) is 4.74 Å². The topological polar surface area (TPSA) is 96.8 Å². The zero-order chi connectivity index (χ0) is 18.9. The molecule has 4 aromatic rings. The van der Waals surface area contributed by atoms with E-state index in [1.54, 1.807) is 12.4 Å². The summed E-state index contributed by atoms with van der Waals surface area (Å²) in [7, 11) is 1.92. The number of fused-ring (bicyclic) bond motifs is 1. The summed E-state index contributed by atoms with van der Waals surface area (Å²) in [6, 6.07) is 8.32. The number of anilines is 3. The highest BCUT2D eigenvalue weighted by Crippen LogP contribution is 2.26. The van der Waals surface area contributed by atoms with Gasteiger partial charge in [0, 0.05) is 43.9 Å². The molecule has 1 aromatic carbocycles. The fourth-order valence-electron chi connectivity index (χ4n) is 3.33. The number of hydrogen-bond donors (Lipinski definition) is 2. The number of aromatic amines is 1. The molecule has 0 radical (unpaired) electrons. The van der Waals surface area contributed by atoms with E-state index >= 15 is 0 Å². The Balaban J connectivity index is 1.46. The van der Waals surface area contributed by atoms with Gasteiger partial charge in [-0.15, -0.1) is 0 Å². The quantitative estimate of drug-likeness (QED) is 0.564. The lowest BCUT2D eigenvalue weighted by Gasteiger charge is -2.28. The van der Waals surface area contributed by atoms with Gasteiger partial charge in [-0.05, 0) is 24.3 Å². The van der Waals surface area contributed by atoms with Crippen molar-refractivity contribution in [2.45, 2.75) is 0 Å². The number of imidazole rings is 1. The number of H-pyrrole nitrogens is 1. The van der Waals surface area contributed by atoms with Crippen molar-refractivity contribution in [3.05, 3.63) is 42.9 Å². The van der Waals surface area contributed by atoms with Gasteiger partial charge in [-0.3, -0.25) is 5.10 Å². The van der Waals surface area contributed by atoms with Crippen molar-refractivity contribution < 1.29 is 4.74 Å². The summed E-state index contributed by atoms with van der Waals surface area (Å²) >= 11 is 0. The summed E-state index contributed by atoms with van der Waals surface area (Å²) in [4.78, 5) is 15.9. The average molecular weight is 376 g/mol. The van der Waals surface area contributed by atoms with E-state index in [0.717, 1.165) is 43.0 Å². The fraction of sp³-hybridized carbons (Fsp3) is 0.263. The van der Waals surface area contributed by atoms with Crippen molar-refractivity contribution in [1.82, 2.24) is 29.7 Å². The standard InChI is InChI=1S/C19H20N8O/c1-26-7-6-20-19(26)18-23-15-12-21-25-16(15)17(24-18)22-13-2-4-14(5-3-13)27-8-10-28-11-9-27/h2-7,12H,8-11H2,1H3,(H,21,25)(H,22,23,24). The molecule has 0 bridgehead atoms. The van der Waals surface area contributed by atoms with Crippen LogP contribution in [0, 0.1) is 0 Å². The van der Waals surface area contributed by atoms with Crippen LogP contribution < -0.4 is 10.2 Å². The molecule has 0 unspecified atom stereocenters. The van der Waals surface area contributed by atoms with Crippen molar-refractivity contribution >= 4 is 28.2 Å². The third-order valence-corrected chi connectivity index (χ3v) is 4.83. The average Bonchev–Trinajstić information content (AvgIpc) is 3.38. The molecule has 28 heavy (non-hydrogen) atoms. The molecular formula is C19H20N8O. The van der Waals surface area contributed by atoms with Crippen LogP contribution in [0.15, 0.2) is 42.9 Å². The smallest absolute Gasteiger partial charge is 0.198 e. The van der Waals surface area contributed by atoms with Gasteiger partial charge in [0.1, 0.15) is 11.0 Å². The number of aromatic nitrogens is 6. The fourth-order valence-corrected chi connectivity index (χ4v) is 3.33. The normalized spacial score (nSPS) is 14.5. The lowest BCUT2D eigenvalue weighted by atomic mass is 10.2. The SMILES string of the molecule is Cn1ccnc1-c1nc(Nc2ccc(N3CCOCC3)cc2)c2[nH]ncc2n1. The minimum atomic E-state index is 0.550. The number of morpholine rings is 1. The maximum Gasteiger partial charge on any atom is 0.198 e. The zero-order valence-electron chi connectivity index (χ0n) is 15.5. The zero-order valence-corrected chi connectivity index (χ0v) is 15.5. The highest BCUT2D eigenvalue weighted by atomic mass is 16.5. The van der Waals surface area contributed by atoms with Crippen LogP contribution in [-0.2, 0) is 11.8 Å². The van der Waals surface area contributed by atoms with Crippen molar-refractivity contribution in [2.24, 2.45) is 7.05 Å². The van der Waals surface area contributed by atoms with Gasteiger partial charge in [0.25, 0.3) is 0 Å². The molecule has 2 N–H and O–H groups in total. The Labute approximate surface area is 161 Å². The van der Waals surface area contributed by atoms with Crippen LogP contribution in [0.4, 0.5) is 17.2 Å². The summed E-state index contributed by atoms with van der Waals surface area (Å²) in [5.74, 6) is 1.92. The largest absolute Gasteiger partial charge is 0.378 e. The van der Waals surface area contributed by atoms with E-state index in [9.17, 15) is 0 Å². The molecular weight excluding hydrogens is 356 g/mol. The molecule has 3 aromatic heterocycles. The molecule has 1 fully saturated rings. The first kappa shape index (κ1) is 16.7. The number of hydrogen-bond acceptors (Lipinski definition) is 7. The van der Waals surface area contributed by atoms with Crippen molar-refractivity contribution in [3.8, 4) is 11.6 Å². The maximum absolute atomic E-state index is 5.42. The van der Waals surface area contributed by atoms with Gasteiger partial charge in [-0.25, -0.2) is 15.0 Å². The number of rotatable bonds is 4. The maximum atomic E-state index is 5.42. The third kappa shape index (κ3) is 3.05. The predicted octanol–water partition coefficient (Wildman–Crippen LogP) is 2.33. The van der Waals surface area contributed by atoms with E-state index in [2.05, 4.69) is 59.6 Å². The van der Waals surface area contributed by atoms with E-state index in [-0.39, 0.29) is 0 Å². The minimum absolute atomic E-state index is 0.550. The molecule has 5 rings (SSSR count). The summed E-state index contributed by atoms with van der Waals surface area (Å²) in [6.45, 7) is 3.38. The first-order valence-electron chi connectivity index (χ1n) is 9.16. The highest BCUT2D eigenvalue weighted by molar-refractivity contribution is 5.88. The molecule has 0 saturated carbocycles. The van der Waals surface area contributed by atoms with Crippen LogP contribution in [0.3, 0.4) is 0 Å². The second-order valence-electron chi connectivity index (χ2n) is 6.66. The lowest BCUT2D eigenvalue weighted by molar-refractivity contribution is 0.122. The Morgan fingerprint density at radius 3 is 2.68 bits per heavy atom. The second-order valence-corrected chi connectivity index (χ2v) is 6.66. The van der Waals surface area contributed by atoms with Gasteiger partial charge < -0.3 is 19.5 Å². The van der Waals surface area contributed by atoms with Gasteiger partial charge in [0.15, 0.2) is 17.5 Å². The minimum Gasteiger partial charge on any atom is -0.378 e. The summed E-state index contributed by atoms with van der Waals surface area (Å²) in [5.41, 5.74) is 3.63. The first-order valence-corrected chi connectivity index (χ1v) is 9.16. The molecule has 4 heterocycles. The monoisotopic (exact) mass is 376 g/mol. The first-order chi connectivity index (χ1) is 13.8. The summed E-state index contributed by atoms with van der Waals surface area (Å²) < 4.78 is 7.31. The number of aryl methyl sites for hydroxylation is 1. The van der Waals surface area contributed by atoms with Crippen LogP contribution in [0.5, 0.6) is 0 Å². The van der Waals surface area contributed by atoms with Gasteiger partial charge in [-0.1, -0.05) is 0 Å². The number of ether oxygens (including phenoxy) is 1. The van der Waals surface area contributed by atoms with Gasteiger partial charge in [0.05, 0.1) is 19.4 Å². The Bertz CT molecular complexity index is 1090. The Kier molecular flexibility index (Phi) is 4.13. The van der Waals surface area contributed by atoms with Crippen LogP contribution in [-0.4, -0.2) is 56.0 Å². The second kappa shape index (κ2) is 6.93. The van der Waals surface area contributed by atoms with E-state index in [1.807, 2.05) is 17.8 Å². The number of benzene rings is 1. The van der Waals surface area contributed by atoms with Crippen molar-refractivity contribution in [1.29, 1.82) is 0 Å².